The van der Waals surface area contributed by atoms with Gasteiger partial charge in [0.1, 0.15) is 6.26 Å². The minimum absolute atomic E-state index is 0.188. The fraction of sp³-hybridized carbons (Fsp3) is 0.333. The number of benzene rings is 1. The van der Waals surface area contributed by atoms with Gasteiger partial charge < -0.3 is 4.42 Å². The second kappa shape index (κ2) is 6.18. The van der Waals surface area contributed by atoms with E-state index in [1.165, 1.54) is 6.26 Å². The maximum absolute atomic E-state index is 12.0. The lowest BCUT2D eigenvalue weighted by Crippen LogP contribution is -2.24. The molecule has 1 heterocycles. The van der Waals surface area contributed by atoms with Crippen molar-refractivity contribution in [3.63, 3.8) is 0 Å². The standard InChI is InChI=1S/C15H17NO3/c1-2-3-9-14(17)16-13(11-19-15(16)18)10-12-7-5-4-6-8-12/h4-8,11H,2-3,9-10H2,1H3. The summed E-state index contributed by atoms with van der Waals surface area (Å²) in [5.41, 5.74) is 1.65. The van der Waals surface area contributed by atoms with Crippen LogP contribution < -0.4 is 5.76 Å². The molecular weight excluding hydrogens is 242 g/mol. The number of hydrogen-bond donors (Lipinski definition) is 0. The molecule has 0 unspecified atom stereocenters. The van der Waals surface area contributed by atoms with Crippen molar-refractivity contribution in [1.29, 1.82) is 0 Å². The number of nitrogens with zero attached hydrogens (tertiary/aromatic N) is 1. The van der Waals surface area contributed by atoms with Crippen molar-refractivity contribution in [3.8, 4) is 0 Å². The van der Waals surface area contributed by atoms with Crippen molar-refractivity contribution in [2.45, 2.75) is 32.6 Å². The van der Waals surface area contributed by atoms with Gasteiger partial charge in [0.25, 0.3) is 0 Å². The van der Waals surface area contributed by atoms with E-state index < -0.39 is 5.76 Å². The van der Waals surface area contributed by atoms with Crippen LogP contribution in [0.15, 0.2) is 45.8 Å². The molecule has 0 saturated heterocycles. The van der Waals surface area contributed by atoms with E-state index in [0.29, 0.717) is 18.5 Å². The van der Waals surface area contributed by atoms with Gasteiger partial charge in [-0.3, -0.25) is 4.79 Å². The van der Waals surface area contributed by atoms with E-state index in [4.69, 9.17) is 4.42 Å². The number of hydrogen-bond acceptors (Lipinski definition) is 3. The minimum atomic E-state index is -0.591. The quantitative estimate of drug-likeness (QED) is 0.829. The topological polar surface area (TPSA) is 52.2 Å². The Labute approximate surface area is 111 Å². The van der Waals surface area contributed by atoms with Crippen molar-refractivity contribution in [2.24, 2.45) is 0 Å². The van der Waals surface area contributed by atoms with Gasteiger partial charge in [-0.1, -0.05) is 43.7 Å². The Morgan fingerprint density at radius 3 is 2.68 bits per heavy atom. The first-order chi connectivity index (χ1) is 9.22. The fourth-order valence-electron chi connectivity index (χ4n) is 1.97. The SMILES string of the molecule is CCCCC(=O)n1c(Cc2ccccc2)coc1=O. The van der Waals surface area contributed by atoms with Gasteiger partial charge in [-0.2, -0.15) is 0 Å². The molecule has 19 heavy (non-hydrogen) atoms. The van der Waals surface area contributed by atoms with Crippen molar-refractivity contribution < 1.29 is 9.21 Å². The highest BCUT2D eigenvalue weighted by atomic mass is 16.4. The van der Waals surface area contributed by atoms with Crippen LogP contribution in [0.3, 0.4) is 0 Å². The monoisotopic (exact) mass is 259 g/mol. The summed E-state index contributed by atoms with van der Waals surface area (Å²) in [5, 5.41) is 0. The zero-order valence-electron chi connectivity index (χ0n) is 11.0. The zero-order valence-corrected chi connectivity index (χ0v) is 11.0. The highest BCUT2D eigenvalue weighted by Gasteiger charge is 2.15. The van der Waals surface area contributed by atoms with E-state index in [1.54, 1.807) is 0 Å². The van der Waals surface area contributed by atoms with Crippen LogP contribution in [0.25, 0.3) is 0 Å². The van der Waals surface area contributed by atoms with E-state index in [1.807, 2.05) is 37.3 Å². The molecular formula is C15H17NO3. The first-order valence-electron chi connectivity index (χ1n) is 6.49. The number of rotatable bonds is 5. The molecule has 0 aliphatic heterocycles. The van der Waals surface area contributed by atoms with Gasteiger partial charge in [-0.25, -0.2) is 9.36 Å². The Kier molecular flexibility index (Phi) is 4.34. The molecule has 0 bridgehead atoms. The third-order valence-electron chi connectivity index (χ3n) is 2.99. The lowest BCUT2D eigenvalue weighted by atomic mass is 10.1. The number of oxazole rings is 1. The van der Waals surface area contributed by atoms with Gasteiger partial charge in [0.15, 0.2) is 0 Å². The average molecular weight is 259 g/mol. The van der Waals surface area contributed by atoms with Crippen LogP contribution in [0, 0.1) is 0 Å². The van der Waals surface area contributed by atoms with Gasteiger partial charge in [0.05, 0.1) is 5.69 Å². The summed E-state index contributed by atoms with van der Waals surface area (Å²) in [7, 11) is 0. The Bertz CT molecular complexity index is 595. The van der Waals surface area contributed by atoms with Gasteiger partial charge in [0, 0.05) is 12.8 Å². The van der Waals surface area contributed by atoms with E-state index in [9.17, 15) is 9.59 Å². The molecule has 1 aromatic carbocycles. The Morgan fingerprint density at radius 1 is 1.26 bits per heavy atom. The molecule has 0 saturated carbocycles. The normalized spacial score (nSPS) is 10.6. The molecule has 2 rings (SSSR count). The van der Waals surface area contributed by atoms with Crippen molar-refractivity contribution in [2.75, 3.05) is 0 Å². The summed E-state index contributed by atoms with van der Waals surface area (Å²) >= 11 is 0. The minimum Gasteiger partial charge on any atom is -0.416 e. The molecule has 0 aliphatic rings. The molecule has 2 aromatic rings. The second-order valence-corrected chi connectivity index (χ2v) is 4.49. The summed E-state index contributed by atoms with van der Waals surface area (Å²) < 4.78 is 6.01. The summed E-state index contributed by atoms with van der Waals surface area (Å²) in [4.78, 5) is 23.6. The van der Waals surface area contributed by atoms with E-state index in [-0.39, 0.29) is 5.91 Å². The van der Waals surface area contributed by atoms with Crippen LogP contribution in [0.1, 0.15) is 42.2 Å². The van der Waals surface area contributed by atoms with Gasteiger partial charge >= 0.3 is 5.76 Å². The number of aromatic nitrogens is 1. The Morgan fingerprint density at radius 2 is 2.00 bits per heavy atom. The van der Waals surface area contributed by atoms with Crippen molar-refractivity contribution in [3.05, 3.63) is 58.4 Å². The zero-order chi connectivity index (χ0) is 13.7. The predicted molar refractivity (Wildman–Crippen MR) is 72.4 cm³/mol. The van der Waals surface area contributed by atoms with Crippen LogP contribution in [0.4, 0.5) is 0 Å². The van der Waals surface area contributed by atoms with E-state index in [2.05, 4.69) is 0 Å². The van der Waals surface area contributed by atoms with Crippen molar-refractivity contribution in [1.82, 2.24) is 4.57 Å². The van der Waals surface area contributed by atoms with Crippen molar-refractivity contribution >= 4 is 5.91 Å². The number of unbranched alkanes of at least 4 members (excludes halogenated alkanes) is 1. The molecule has 4 heteroatoms. The fourth-order valence-corrected chi connectivity index (χ4v) is 1.97. The van der Waals surface area contributed by atoms with Gasteiger partial charge in [-0.05, 0) is 12.0 Å². The molecule has 4 nitrogen and oxygen atoms in total. The first kappa shape index (κ1) is 13.3. The van der Waals surface area contributed by atoms with Crippen LogP contribution in [-0.4, -0.2) is 10.5 Å². The lowest BCUT2D eigenvalue weighted by molar-refractivity contribution is 0.0888. The summed E-state index contributed by atoms with van der Waals surface area (Å²) in [5.74, 6) is -0.779. The summed E-state index contributed by atoms with van der Waals surface area (Å²) in [6, 6.07) is 9.70. The second-order valence-electron chi connectivity index (χ2n) is 4.49. The first-order valence-corrected chi connectivity index (χ1v) is 6.49. The Hall–Kier alpha value is -2.10. The molecule has 0 atom stereocenters. The lowest BCUT2D eigenvalue weighted by Gasteiger charge is -2.04. The van der Waals surface area contributed by atoms with Crippen LogP contribution in [-0.2, 0) is 6.42 Å². The average Bonchev–Trinajstić information content (AvgIpc) is 2.78. The number of carbonyl (C=O) groups excluding carboxylic acids is 1. The molecule has 0 fully saturated rings. The van der Waals surface area contributed by atoms with E-state index in [0.717, 1.165) is 23.0 Å². The van der Waals surface area contributed by atoms with Gasteiger partial charge in [0.2, 0.25) is 5.91 Å². The maximum Gasteiger partial charge on any atom is 0.426 e. The Balaban J connectivity index is 2.23. The smallest absolute Gasteiger partial charge is 0.416 e. The summed E-state index contributed by atoms with van der Waals surface area (Å²) in [6.07, 6.45) is 3.97. The highest BCUT2D eigenvalue weighted by Crippen LogP contribution is 2.09. The molecule has 0 N–H and O–H groups in total. The van der Waals surface area contributed by atoms with Crippen LogP contribution >= 0.6 is 0 Å². The number of carbonyl (C=O) groups is 1. The molecule has 0 amide bonds. The van der Waals surface area contributed by atoms with Gasteiger partial charge in [-0.15, -0.1) is 0 Å². The maximum atomic E-state index is 12.0. The third-order valence-corrected chi connectivity index (χ3v) is 2.99. The van der Waals surface area contributed by atoms with Crippen LogP contribution in [0.2, 0.25) is 0 Å². The van der Waals surface area contributed by atoms with E-state index >= 15 is 0 Å². The predicted octanol–water partition coefficient (Wildman–Crippen LogP) is 2.86. The summed E-state index contributed by atoms with van der Waals surface area (Å²) in [6.45, 7) is 2.01. The molecule has 0 radical (unpaired) electrons. The molecule has 0 spiro atoms. The third kappa shape index (κ3) is 3.22. The largest absolute Gasteiger partial charge is 0.426 e. The molecule has 1 aromatic heterocycles. The van der Waals surface area contributed by atoms with Crippen LogP contribution in [0.5, 0.6) is 0 Å². The highest BCUT2D eigenvalue weighted by molar-refractivity contribution is 5.79. The molecule has 100 valence electrons. The molecule has 0 aliphatic carbocycles.